The summed E-state index contributed by atoms with van der Waals surface area (Å²) in [5, 5.41) is 17.0. The summed E-state index contributed by atoms with van der Waals surface area (Å²) in [6.07, 6.45) is 8.52. The third-order valence-electron chi connectivity index (χ3n) is 4.68. The van der Waals surface area contributed by atoms with Crippen molar-refractivity contribution in [3.63, 3.8) is 0 Å². The molecule has 3 N–H and O–H groups in total. The van der Waals surface area contributed by atoms with Crippen LogP contribution >= 0.6 is 0 Å². The van der Waals surface area contributed by atoms with E-state index in [9.17, 15) is 5.11 Å². The van der Waals surface area contributed by atoms with Crippen LogP contribution in [-0.4, -0.2) is 50.1 Å². The number of piperidine rings is 1. The van der Waals surface area contributed by atoms with Crippen molar-refractivity contribution in [2.45, 2.75) is 63.1 Å². The van der Waals surface area contributed by atoms with Gasteiger partial charge in [0.2, 0.25) is 0 Å². The molecule has 19 heavy (non-hydrogen) atoms. The van der Waals surface area contributed by atoms with E-state index in [0.717, 1.165) is 24.9 Å². The maximum Gasteiger partial charge on any atom is 0.0785 e. The van der Waals surface area contributed by atoms with E-state index in [-0.39, 0.29) is 6.10 Å². The maximum absolute atomic E-state index is 9.66. The molecule has 0 aromatic carbocycles. The lowest BCUT2D eigenvalue weighted by atomic mass is 9.88. The summed E-state index contributed by atoms with van der Waals surface area (Å²) in [6.45, 7) is 2.54. The first kappa shape index (κ1) is 15.2. The van der Waals surface area contributed by atoms with E-state index < -0.39 is 0 Å². The van der Waals surface area contributed by atoms with Gasteiger partial charge in [0, 0.05) is 19.2 Å². The topological polar surface area (TPSA) is 53.5 Å². The summed E-state index contributed by atoms with van der Waals surface area (Å²) in [5.41, 5.74) is 0. The molecule has 0 radical (unpaired) electrons. The Labute approximate surface area is 117 Å². The van der Waals surface area contributed by atoms with Crippen LogP contribution in [0.15, 0.2) is 0 Å². The van der Waals surface area contributed by atoms with Gasteiger partial charge in [0.25, 0.3) is 0 Å². The summed E-state index contributed by atoms with van der Waals surface area (Å²) in [5.74, 6) is 0.792. The average Bonchev–Trinajstić information content (AvgIpc) is 2.88. The molecule has 2 rings (SSSR count). The van der Waals surface area contributed by atoms with Gasteiger partial charge in [0.15, 0.2) is 0 Å². The predicted molar refractivity (Wildman–Crippen MR) is 77.3 cm³/mol. The van der Waals surface area contributed by atoms with E-state index in [2.05, 4.69) is 10.6 Å². The summed E-state index contributed by atoms with van der Waals surface area (Å²) in [4.78, 5) is 0. The van der Waals surface area contributed by atoms with Gasteiger partial charge < -0.3 is 20.5 Å². The maximum atomic E-state index is 9.66. The highest BCUT2D eigenvalue weighted by Crippen LogP contribution is 2.31. The van der Waals surface area contributed by atoms with Gasteiger partial charge >= 0.3 is 0 Å². The largest absolute Gasteiger partial charge is 0.391 e. The molecular weight excluding hydrogens is 240 g/mol. The molecule has 1 heterocycles. The first-order valence-corrected chi connectivity index (χ1v) is 7.95. The molecule has 0 aromatic heterocycles. The van der Waals surface area contributed by atoms with Gasteiger partial charge in [-0.05, 0) is 51.1 Å². The molecule has 2 fully saturated rings. The monoisotopic (exact) mass is 270 g/mol. The minimum Gasteiger partial charge on any atom is -0.391 e. The third-order valence-corrected chi connectivity index (χ3v) is 4.68. The summed E-state index contributed by atoms with van der Waals surface area (Å²) < 4.78 is 4.95. The first-order chi connectivity index (χ1) is 9.31. The van der Waals surface area contributed by atoms with Crippen molar-refractivity contribution in [3.05, 3.63) is 0 Å². The van der Waals surface area contributed by atoms with Crippen molar-refractivity contribution < 1.29 is 9.84 Å². The van der Waals surface area contributed by atoms with Crippen molar-refractivity contribution in [1.29, 1.82) is 0 Å². The zero-order valence-electron chi connectivity index (χ0n) is 12.2. The van der Waals surface area contributed by atoms with E-state index in [1.165, 1.54) is 45.1 Å². The van der Waals surface area contributed by atoms with E-state index >= 15 is 0 Å². The van der Waals surface area contributed by atoms with Gasteiger partial charge in [-0.2, -0.15) is 0 Å². The number of methoxy groups -OCH3 is 1. The fourth-order valence-electron chi connectivity index (χ4n) is 3.68. The predicted octanol–water partition coefficient (Wildman–Crippen LogP) is 1.28. The van der Waals surface area contributed by atoms with Crippen molar-refractivity contribution in [2.75, 3.05) is 26.8 Å². The Kier molecular flexibility index (Phi) is 6.57. The summed E-state index contributed by atoms with van der Waals surface area (Å²) in [6, 6.07) is 1.36. The van der Waals surface area contributed by atoms with Crippen molar-refractivity contribution >= 4 is 0 Å². The van der Waals surface area contributed by atoms with Gasteiger partial charge in [0.1, 0.15) is 0 Å². The number of hydrogen-bond donors (Lipinski definition) is 3. The molecule has 2 aliphatic rings. The number of aliphatic hydroxyl groups is 1. The van der Waals surface area contributed by atoms with E-state index in [0.29, 0.717) is 12.6 Å². The van der Waals surface area contributed by atoms with Crippen LogP contribution < -0.4 is 10.6 Å². The lowest BCUT2D eigenvalue weighted by Crippen LogP contribution is -2.47. The van der Waals surface area contributed by atoms with Gasteiger partial charge in [-0.15, -0.1) is 0 Å². The van der Waals surface area contributed by atoms with Crippen LogP contribution in [0.4, 0.5) is 0 Å². The SMILES string of the molecule is COCC(O)CCNC1CCCC1C1CCCCN1. The fourth-order valence-corrected chi connectivity index (χ4v) is 3.68. The number of aliphatic hydroxyl groups excluding tert-OH is 1. The number of ether oxygens (including phenoxy) is 1. The molecular formula is C15H30N2O2. The molecule has 4 unspecified atom stereocenters. The molecule has 1 saturated carbocycles. The van der Waals surface area contributed by atoms with Crippen molar-refractivity contribution in [1.82, 2.24) is 10.6 Å². The molecule has 0 spiro atoms. The Bertz CT molecular complexity index is 244. The van der Waals surface area contributed by atoms with Crippen LogP contribution in [0.25, 0.3) is 0 Å². The number of rotatable bonds is 7. The number of hydrogen-bond acceptors (Lipinski definition) is 4. The van der Waals surface area contributed by atoms with Gasteiger partial charge in [-0.25, -0.2) is 0 Å². The van der Waals surface area contributed by atoms with E-state index in [4.69, 9.17) is 4.74 Å². The van der Waals surface area contributed by atoms with Crippen LogP contribution in [0.3, 0.4) is 0 Å². The Morgan fingerprint density at radius 1 is 1.26 bits per heavy atom. The fraction of sp³-hybridized carbons (Fsp3) is 1.00. The molecule has 1 aliphatic heterocycles. The molecule has 4 nitrogen and oxygen atoms in total. The smallest absolute Gasteiger partial charge is 0.0785 e. The standard InChI is InChI=1S/C15H30N2O2/c1-19-11-12(18)8-10-17-15-7-4-5-13(15)14-6-2-3-9-16-14/h12-18H,2-11H2,1H3. The van der Waals surface area contributed by atoms with E-state index in [1.54, 1.807) is 7.11 Å². The Morgan fingerprint density at radius 2 is 2.16 bits per heavy atom. The molecule has 0 aromatic rings. The number of nitrogens with one attached hydrogen (secondary N) is 2. The minimum absolute atomic E-state index is 0.329. The Balaban J connectivity index is 1.69. The second kappa shape index (κ2) is 8.20. The van der Waals surface area contributed by atoms with Crippen LogP contribution in [0, 0.1) is 5.92 Å². The molecule has 4 heteroatoms. The second-order valence-corrected chi connectivity index (χ2v) is 6.11. The van der Waals surface area contributed by atoms with Gasteiger partial charge in [-0.1, -0.05) is 12.8 Å². The average molecular weight is 270 g/mol. The summed E-state index contributed by atoms with van der Waals surface area (Å²) >= 11 is 0. The molecule has 1 saturated heterocycles. The van der Waals surface area contributed by atoms with Crippen LogP contribution in [0.2, 0.25) is 0 Å². The van der Waals surface area contributed by atoms with Crippen LogP contribution in [0.5, 0.6) is 0 Å². The molecule has 4 atom stereocenters. The van der Waals surface area contributed by atoms with Gasteiger partial charge in [-0.3, -0.25) is 0 Å². The quantitative estimate of drug-likeness (QED) is 0.652. The normalized spacial score (nSPS) is 33.5. The highest BCUT2D eigenvalue weighted by atomic mass is 16.5. The van der Waals surface area contributed by atoms with Crippen LogP contribution in [0.1, 0.15) is 44.9 Å². The van der Waals surface area contributed by atoms with Gasteiger partial charge in [0.05, 0.1) is 12.7 Å². The minimum atomic E-state index is -0.329. The van der Waals surface area contributed by atoms with Crippen molar-refractivity contribution in [2.24, 2.45) is 5.92 Å². The third kappa shape index (κ3) is 4.71. The van der Waals surface area contributed by atoms with E-state index in [1.807, 2.05) is 0 Å². The molecule has 1 aliphatic carbocycles. The lowest BCUT2D eigenvalue weighted by Gasteiger charge is -2.33. The van der Waals surface area contributed by atoms with Crippen molar-refractivity contribution in [3.8, 4) is 0 Å². The Morgan fingerprint density at radius 3 is 2.89 bits per heavy atom. The second-order valence-electron chi connectivity index (χ2n) is 6.11. The highest BCUT2D eigenvalue weighted by molar-refractivity contribution is 4.92. The molecule has 112 valence electrons. The Hall–Kier alpha value is -0.160. The first-order valence-electron chi connectivity index (χ1n) is 7.95. The lowest BCUT2D eigenvalue weighted by molar-refractivity contribution is 0.0585. The zero-order chi connectivity index (χ0) is 13.5. The molecule has 0 amide bonds. The van der Waals surface area contributed by atoms with Crippen LogP contribution in [-0.2, 0) is 4.74 Å². The zero-order valence-corrected chi connectivity index (χ0v) is 12.2. The summed E-state index contributed by atoms with van der Waals surface area (Å²) in [7, 11) is 1.64. The highest BCUT2D eigenvalue weighted by Gasteiger charge is 2.33. The molecule has 0 bridgehead atoms.